The third kappa shape index (κ3) is 3.60. The van der Waals surface area contributed by atoms with Crippen LogP contribution in [-0.2, 0) is 10.0 Å². The highest BCUT2D eigenvalue weighted by molar-refractivity contribution is 9.10. The standard InChI is InChI=1S/C17H11BrF2N2O2S/c18-11-5-3-10(4-6-11)12-2-1-7-22-17(12)13-8-15(20)16(9-14(13)19)25(21,23)24/h1-9H,(H2,21,23,24). The van der Waals surface area contributed by atoms with Crippen LogP contribution in [0.5, 0.6) is 0 Å². The quantitative estimate of drug-likeness (QED) is 0.687. The molecule has 1 heterocycles. The van der Waals surface area contributed by atoms with Crippen molar-refractivity contribution in [3.05, 3.63) is 70.8 Å². The Morgan fingerprint density at radius 1 is 0.960 bits per heavy atom. The summed E-state index contributed by atoms with van der Waals surface area (Å²) in [5, 5.41) is 4.90. The van der Waals surface area contributed by atoms with E-state index in [0.717, 1.165) is 16.1 Å². The van der Waals surface area contributed by atoms with Gasteiger partial charge in [0.25, 0.3) is 0 Å². The van der Waals surface area contributed by atoms with Crippen molar-refractivity contribution in [3.63, 3.8) is 0 Å². The van der Waals surface area contributed by atoms with Crippen LogP contribution in [0.1, 0.15) is 0 Å². The van der Waals surface area contributed by atoms with Gasteiger partial charge in [0, 0.05) is 21.8 Å². The maximum Gasteiger partial charge on any atom is 0.241 e. The zero-order valence-corrected chi connectivity index (χ0v) is 15.0. The fourth-order valence-electron chi connectivity index (χ4n) is 2.41. The number of benzene rings is 2. The molecule has 0 atom stereocenters. The summed E-state index contributed by atoms with van der Waals surface area (Å²) in [6.07, 6.45) is 1.45. The Morgan fingerprint density at radius 2 is 1.64 bits per heavy atom. The van der Waals surface area contributed by atoms with Crippen molar-refractivity contribution in [2.45, 2.75) is 4.90 Å². The molecule has 25 heavy (non-hydrogen) atoms. The maximum absolute atomic E-state index is 14.5. The zero-order chi connectivity index (χ0) is 18.2. The zero-order valence-electron chi connectivity index (χ0n) is 12.6. The van der Waals surface area contributed by atoms with Gasteiger partial charge in [-0.2, -0.15) is 0 Å². The summed E-state index contributed by atoms with van der Waals surface area (Å²) in [5.41, 5.74) is 1.38. The molecule has 8 heteroatoms. The molecule has 0 saturated carbocycles. The molecule has 0 aliphatic carbocycles. The van der Waals surface area contributed by atoms with E-state index in [4.69, 9.17) is 5.14 Å². The van der Waals surface area contributed by atoms with Crippen LogP contribution in [0.25, 0.3) is 22.4 Å². The lowest BCUT2D eigenvalue weighted by Crippen LogP contribution is -2.14. The molecular formula is C17H11BrF2N2O2S. The van der Waals surface area contributed by atoms with Crippen molar-refractivity contribution in [1.29, 1.82) is 0 Å². The lowest BCUT2D eigenvalue weighted by Gasteiger charge is -2.11. The van der Waals surface area contributed by atoms with Crippen molar-refractivity contribution in [2.75, 3.05) is 0 Å². The van der Waals surface area contributed by atoms with Gasteiger partial charge < -0.3 is 0 Å². The Hall–Kier alpha value is -2.16. The molecule has 2 aromatic carbocycles. The number of nitrogens with zero attached hydrogens (tertiary/aromatic N) is 1. The van der Waals surface area contributed by atoms with E-state index in [9.17, 15) is 17.2 Å². The largest absolute Gasteiger partial charge is 0.255 e. The van der Waals surface area contributed by atoms with Crippen LogP contribution in [-0.4, -0.2) is 13.4 Å². The molecule has 0 bridgehead atoms. The SMILES string of the molecule is NS(=O)(=O)c1cc(F)c(-c2ncccc2-c2ccc(Br)cc2)cc1F. The molecule has 0 unspecified atom stereocenters. The first-order valence-corrected chi connectivity index (χ1v) is 9.34. The van der Waals surface area contributed by atoms with Crippen LogP contribution in [0.15, 0.2) is 64.1 Å². The first-order chi connectivity index (χ1) is 11.8. The molecule has 3 aromatic rings. The first-order valence-electron chi connectivity index (χ1n) is 7.00. The summed E-state index contributed by atoms with van der Waals surface area (Å²) in [6, 6.07) is 12.0. The predicted octanol–water partition coefficient (Wildman–Crippen LogP) is 4.10. The average molecular weight is 425 g/mol. The molecule has 4 nitrogen and oxygen atoms in total. The fourth-order valence-corrected chi connectivity index (χ4v) is 3.27. The lowest BCUT2D eigenvalue weighted by atomic mass is 9.99. The monoisotopic (exact) mass is 424 g/mol. The Morgan fingerprint density at radius 3 is 2.28 bits per heavy atom. The molecule has 0 aliphatic rings. The summed E-state index contributed by atoms with van der Waals surface area (Å²) in [4.78, 5) is 3.25. The van der Waals surface area contributed by atoms with Crippen LogP contribution in [0.2, 0.25) is 0 Å². The summed E-state index contributed by atoms with van der Waals surface area (Å²) >= 11 is 3.34. The number of pyridine rings is 1. The molecule has 1 aromatic heterocycles. The van der Waals surface area contributed by atoms with Gasteiger partial charge in [0.05, 0.1) is 5.69 Å². The summed E-state index contributed by atoms with van der Waals surface area (Å²) < 4.78 is 52.1. The summed E-state index contributed by atoms with van der Waals surface area (Å²) in [6.45, 7) is 0. The first kappa shape index (κ1) is 17.7. The third-order valence-corrected chi connectivity index (χ3v) is 5.00. The van der Waals surface area contributed by atoms with Crippen LogP contribution in [0.3, 0.4) is 0 Å². The lowest BCUT2D eigenvalue weighted by molar-refractivity contribution is 0.555. The molecule has 2 N–H and O–H groups in total. The second kappa shape index (κ2) is 6.62. The van der Waals surface area contributed by atoms with Gasteiger partial charge in [-0.1, -0.05) is 34.1 Å². The smallest absolute Gasteiger partial charge is 0.241 e. The predicted molar refractivity (Wildman–Crippen MR) is 94.1 cm³/mol. The van der Waals surface area contributed by atoms with Gasteiger partial charge in [-0.25, -0.2) is 22.3 Å². The summed E-state index contributed by atoms with van der Waals surface area (Å²) in [7, 11) is -4.36. The van der Waals surface area contributed by atoms with E-state index in [2.05, 4.69) is 20.9 Å². The second-order valence-corrected chi connectivity index (χ2v) is 7.66. The van der Waals surface area contributed by atoms with E-state index in [-0.39, 0.29) is 11.3 Å². The normalized spacial score (nSPS) is 11.5. The van der Waals surface area contributed by atoms with Crippen molar-refractivity contribution < 1.29 is 17.2 Å². The number of hydrogen-bond donors (Lipinski definition) is 1. The number of aromatic nitrogens is 1. The van der Waals surface area contributed by atoms with E-state index in [1.54, 1.807) is 24.3 Å². The van der Waals surface area contributed by atoms with Crippen molar-refractivity contribution >= 4 is 26.0 Å². The van der Waals surface area contributed by atoms with E-state index in [0.29, 0.717) is 11.6 Å². The van der Waals surface area contributed by atoms with Crippen LogP contribution >= 0.6 is 15.9 Å². The molecule has 0 spiro atoms. The van der Waals surface area contributed by atoms with Gasteiger partial charge in [-0.05, 0) is 35.9 Å². The Kier molecular flexibility index (Phi) is 4.68. The van der Waals surface area contributed by atoms with Gasteiger partial charge in [0.15, 0.2) is 0 Å². The minimum Gasteiger partial charge on any atom is -0.255 e. The number of nitrogens with two attached hydrogens (primary N) is 1. The van der Waals surface area contributed by atoms with Gasteiger partial charge in [0.2, 0.25) is 10.0 Å². The minimum atomic E-state index is -4.36. The topological polar surface area (TPSA) is 73.1 Å². The van der Waals surface area contributed by atoms with Crippen molar-refractivity contribution in [2.24, 2.45) is 5.14 Å². The van der Waals surface area contributed by atoms with Crippen molar-refractivity contribution in [1.82, 2.24) is 4.98 Å². The maximum atomic E-state index is 14.5. The number of hydrogen-bond acceptors (Lipinski definition) is 3. The Labute approximate surface area is 151 Å². The van der Waals surface area contributed by atoms with Gasteiger partial charge in [-0.3, -0.25) is 4.98 Å². The number of primary sulfonamides is 1. The summed E-state index contributed by atoms with van der Waals surface area (Å²) in [5.74, 6) is -2.06. The minimum absolute atomic E-state index is 0.150. The van der Waals surface area contributed by atoms with E-state index in [1.807, 2.05) is 12.1 Å². The van der Waals surface area contributed by atoms with Crippen LogP contribution < -0.4 is 5.14 Å². The van der Waals surface area contributed by atoms with Crippen LogP contribution in [0, 0.1) is 11.6 Å². The van der Waals surface area contributed by atoms with Gasteiger partial charge in [0.1, 0.15) is 16.5 Å². The molecule has 3 rings (SSSR count). The highest BCUT2D eigenvalue weighted by Crippen LogP contribution is 2.33. The molecule has 0 fully saturated rings. The second-order valence-electron chi connectivity index (χ2n) is 5.21. The molecule has 128 valence electrons. The average Bonchev–Trinajstić information content (AvgIpc) is 2.56. The van der Waals surface area contributed by atoms with E-state index in [1.165, 1.54) is 6.20 Å². The van der Waals surface area contributed by atoms with Crippen molar-refractivity contribution in [3.8, 4) is 22.4 Å². The molecule has 0 aliphatic heterocycles. The van der Waals surface area contributed by atoms with Gasteiger partial charge in [-0.15, -0.1) is 0 Å². The third-order valence-electron chi connectivity index (χ3n) is 3.55. The number of halogens is 3. The molecular weight excluding hydrogens is 414 g/mol. The van der Waals surface area contributed by atoms with E-state index < -0.39 is 26.6 Å². The highest BCUT2D eigenvalue weighted by Gasteiger charge is 2.21. The highest BCUT2D eigenvalue weighted by atomic mass is 79.9. The van der Waals surface area contributed by atoms with Gasteiger partial charge >= 0.3 is 0 Å². The number of rotatable bonds is 3. The Bertz CT molecular complexity index is 1050. The van der Waals surface area contributed by atoms with Crippen LogP contribution in [0.4, 0.5) is 8.78 Å². The molecule has 0 saturated heterocycles. The fraction of sp³-hybridized carbons (Fsp3) is 0. The Balaban J connectivity index is 2.22. The molecule has 0 amide bonds. The van der Waals surface area contributed by atoms with E-state index >= 15 is 0 Å². The number of sulfonamides is 1. The molecule has 0 radical (unpaired) electrons.